The van der Waals surface area contributed by atoms with Crippen molar-refractivity contribution in [1.82, 2.24) is 14.7 Å². The van der Waals surface area contributed by atoms with Crippen molar-refractivity contribution in [2.45, 2.75) is 19.4 Å². The first-order valence-electron chi connectivity index (χ1n) is 10.4. The Morgan fingerprint density at radius 1 is 1.03 bits per heavy atom. The minimum absolute atomic E-state index is 0.0796. The molecule has 1 atom stereocenters. The minimum atomic E-state index is -0.534. The number of aliphatic imine (C=N–C) groups is 1. The molecule has 0 aromatic heterocycles. The van der Waals surface area contributed by atoms with Gasteiger partial charge in [-0.15, -0.1) is 0 Å². The zero-order valence-corrected chi connectivity index (χ0v) is 16.9. The van der Waals surface area contributed by atoms with Gasteiger partial charge in [0.1, 0.15) is 0 Å². The molecule has 1 saturated heterocycles. The van der Waals surface area contributed by atoms with Gasteiger partial charge in [0.25, 0.3) is 0 Å². The topological polar surface area (TPSA) is 73.3 Å². The molecule has 1 fully saturated rings. The molecular weight excluding hydrogens is 380 g/mol. The first kappa shape index (κ1) is 20.2. The van der Waals surface area contributed by atoms with E-state index in [4.69, 9.17) is 0 Å². The summed E-state index contributed by atoms with van der Waals surface area (Å²) in [5.41, 5.74) is 1.77. The van der Waals surface area contributed by atoms with E-state index in [-0.39, 0.29) is 18.4 Å². The lowest BCUT2D eigenvalue weighted by molar-refractivity contribution is -0.134. The number of carbonyl (C=O) groups is 3. The van der Waals surface area contributed by atoms with Gasteiger partial charge in [-0.3, -0.25) is 19.4 Å². The van der Waals surface area contributed by atoms with Crippen LogP contribution in [0.5, 0.6) is 0 Å². The largest absolute Gasteiger partial charge is 0.350 e. The normalized spacial score (nSPS) is 21.6. The van der Waals surface area contributed by atoms with Crippen LogP contribution >= 0.6 is 0 Å². The number of carbonyl (C=O) groups excluding carboxylic acids is 3. The molecule has 3 aliphatic rings. The molecule has 1 unspecified atom stereocenters. The predicted octanol–water partition coefficient (Wildman–Crippen LogP) is 2.26. The van der Waals surface area contributed by atoms with Crippen LogP contribution in [0.25, 0.3) is 0 Å². The fourth-order valence-corrected chi connectivity index (χ4v) is 4.03. The lowest BCUT2D eigenvalue weighted by Crippen LogP contribution is -2.49. The second-order valence-electron chi connectivity index (χ2n) is 7.78. The maximum atomic E-state index is 12.6. The Morgan fingerprint density at radius 3 is 2.57 bits per heavy atom. The first-order chi connectivity index (χ1) is 14.6. The van der Waals surface area contributed by atoms with Crippen LogP contribution in [0.15, 0.2) is 59.6 Å². The monoisotopic (exact) mass is 406 g/mol. The highest BCUT2D eigenvalue weighted by molar-refractivity contribution is 6.21. The average Bonchev–Trinajstić information content (AvgIpc) is 2.77. The van der Waals surface area contributed by atoms with E-state index in [9.17, 15) is 14.4 Å². The third-order valence-corrected chi connectivity index (χ3v) is 5.73. The van der Waals surface area contributed by atoms with Crippen molar-refractivity contribution in [3.8, 4) is 0 Å². The lowest BCUT2D eigenvalue weighted by atomic mass is 9.95. The molecule has 1 aliphatic carbocycles. The van der Waals surface area contributed by atoms with Crippen LogP contribution in [-0.4, -0.2) is 71.0 Å². The summed E-state index contributed by atoms with van der Waals surface area (Å²) in [7, 11) is 0. The fraction of sp³-hybridized carbons (Fsp3) is 0.391. The number of rotatable bonds is 6. The van der Waals surface area contributed by atoms with Crippen molar-refractivity contribution in [1.29, 1.82) is 0 Å². The van der Waals surface area contributed by atoms with Gasteiger partial charge in [0.15, 0.2) is 0 Å². The summed E-state index contributed by atoms with van der Waals surface area (Å²) in [6.07, 6.45) is 7.78. The minimum Gasteiger partial charge on any atom is -0.340 e. The molecule has 1 aromatic rings. The number of fused-ring (bicyclic) bond motifs is 1. The predicted molar refractivity (Wildman–Crippen MR) is 114 cm³/mol. The SMILES string of the molecule is O=C(CCCN1C(=O)N=C2C=CC=CC2C1=O)N1CCN(Cc2ccccc2)CC1. The summed E-state index contributed by atoms with van der Waals surface area (Å²) in [5, 5.41) is 0. The van der Waals surface area contributed by atoms with Crippen molar-refractivity contribution < 1.29 is 14.4 Å². The summed E-state index contributed by atoms with van der Waals surface area (Å²) in [6.45, 7) is 4.24. The maximum Gasteiger partial charge on any atom is 0.350 e. The Balaban J connectivity index is 1.21. The molecule has 0 spiro atoms. The van der Waals surface area contributed by atoms with Crippen molar-refractivity contribution in [3.63, 3.8) is 0 Å². The van der Waals surface area contributed by atoms with Crippen LogP contribution in [0.4, 0.5) is 4.79 Å². The van der Waals surface area contributed by atoms with Crippen molar-refractivity contribution >= 4 is 23.6 Å². The third kappa shape index (κ3) is 4.57. The maximum absolute atomic E-state index is 12.6. The number of hydrogen-bond donors (Lipinski definition) is 0. The molecule has 7 nitrogen and oxygen atoms in total. The molecule has 1 aromatic carbocycles. The van der Waals surface area contributed by atoms with Gasteiger partial charge < -0.3 is 4.90 Å². The van der Waals surface area contributed by atoms with Crippen molar-refractivity contribution in [2.75, 3.05) is 32.7 Å². The number of urea groups is 1. The molecule has 0 saturated carbocycles. The Morgan fingerprint density at radius 2 is 1.80 bits per heavy atom. The van der Waals surface area contributed by atoms with Gasteiger partial charge in [0.05, 0.1) is 11.6 Å². The molecule has 7 heteroatoms. The van der Waals surface area contributed by atoms with E-state index in [2.05, 4.69) is 22.0 Å². The van der Waals surface area contributed by atoms with Gasteiger partial charge in [-0.2, -0.15) is 4.99 Å². The summed E-state index contributed by atoms with van der Waals surface area (Å²) >= 11 is 0. The van der Waals surface area contributed by atoms with E-state index in [1.807, 2.05) is 23.1 Å². The fourth-order valence-electron chi connectivity index (χ4n) is 4.03. The van der Waals surface area contributed by atoms with Gasteiger partial charge >= 0.3 is 6.03 Å². The first-order valence-corrected chi connectivity index (χ1v) is 10.4. The Hall–Kier alpha value is -3.06. The quantitative estimate of drug-likeness (QED) is 0.726. The summed E-state index contributed by atoms with van der Waals surface area (Å²) in [4.78, 5) is 46.7. The molecule has 0 bridgehead atoms. The van der Waals surface area contributed by atoms with E-state index in [0.717, 1.165) is 19.6 Å². The van der Waals surface area contributed by atoms with Gasteiger partial charge in [-0.1, -0.05) is 48.6 Å². The molecule has 156 valence electrons. The van der Waals surface area contributed by atoms with Gasteiger partial charge in [-0.05, 0) is 18.1 Å². The number of allylic oxidation sites excluding steroid dienone is 3. The van der Waals surface area contributed by atoms with Gasteiger partial charge in [0.2, 0.25) is 11.8 Å². The lowest BCUT2D eigenvalue weighted by Gasteiger charge is -2.35. The van der Waals surface area contributed by atoms with Crippen LogP contribution < -0.4 is 0 Å². The highest BCUT2D eigenvalue weighted by Crippen LogP contribution is 2.20. The van der Waals surface area contributed by atoms with E-state index >= 15 is 0 Å². The highest BCUT2D eigenvalue weighted by Gasteiger charge is 2.35. The molecule has 0 radical (unpaired) electrons. The van der Waals surface area contributed by atoms with Crippen LogP contribution in [0.2, 0.25) is 0 Å². The number of piperazine rings is 1. The van der Waals surface area contributed by atoms with Crippen LogP contribution in [0.3, 0.4) is 0 Å². The van der Waals surface area contributed by atoms with Gasteiger partial charge in [-0.25, -0.2) is 4.79 Å². The third-order valence-electron chi connectivity index (χ3n) is 5.73. The Bertz CT molecular complexity index is 898. The Labute approximate surface area is 176 Å². The second kappa shape index (κ2) is 9.17. The van der Waals surface area contributed by atoms with Crippen LogP contribution in [0.1, 0.15) is 18.4 Å². The van der Waals surface area contributed by atoms with Crippen molar-refractivity contribution in [3.05, 3.63) is 60.2 Å². The number of benzene rings is 1. The van der Waals surface area contributed by atoms with E-state index in [0.29, 0.717) is 31.6 Å². The zero-order valence-electron chi connectivity index (χ0n) is 16.9. The molecule has 0 N–H and O–H groups in total. The molecule has 4 amide bonds. The zero-order chi connectivity index (χ0) is 20.9. The smallest absolute Gasteiger partial charge is 0.340 e. The number of amides is 4. The highest BCUT2D eigenvalue weighted by atomic mass is 16.2. The molecule has 2 heterocycles. The average molecular weight is 406 g/mol. The number of nitrogens with zero attached hydrogens (tertiary/aromatic N) is 4. The van der Waals surface area contributed by atoms with Gasteiger partial charge in [0, 0.05) is 45.7 Å². The molecule has 30 heavy (non-hydrogen) atoms. The standard InChI is InChI=1S/C23H26N4O3/c28-21(26-15-13-25(14-16-26)17-18-7-2-1-3-8-18)11-6-12-27-22(29)19-9-4-5-10-20(19)24-23(27)30/h1-5,7-10,19H,6,11-17H2. The Kier molecular flexibility index (Phi) is 6.18. The summed E-state index contributed by atoms with van der Waals surface area (Å²) in [5.74, 6) is -0.662. The number of hydrogen-bond acceptors (Lipinski definition) is 4. The molecule has 2 aliphatic heterocycles. The van der Waals surface area contributed by atoms with E-state index < -0.39 is 11.9 Å². The van der Waals surface area contributed by atoms with Crippen LogP contribution in [0, 0.1) is 5.92 Å². The second-order valence-corrected chi connectivity index (χ2v) is 7.78. The number of imide groups is 1. The van der Waals surface area contributed by atoms with E-state index in [1.165, 1.54) is 10.5 Å². The van der Waals surface area contributed by atoms with Crippen LogP contribution in [-0.2, 0) is 16.1 Å². The summed E-state index contributed by atoms with van der Waals surface area (Å²) < 4.78 is 0. The summed E-state index contributed by atoms with van der Waals surface area (Å²) in [6, 6.07) is 9.80. The molecular formula is C23H26N4O3. The molecule has 4 rings (SSSR count). The van der Waals surface area contributed by atoms with E-state index in [1.54, 1.807) is 24.3 Å². The van der Waals surface area contributed by atoms with Crippen molar-refractivity contribution in [2.24, 2.45) is 10.9 Å².